The van der Waals surface area contributed by atoms with Crippen molar-refractivity contribution in [3.05, 3.63) is 63.8 Å². The van der Waals surface area contributed by atoms with Crippen LogP contribution in [0.15, 0.2) is 47.4 Å². The van der Waals surface area contributed by atoms with Gasteiger partial charge < -0.3 is 14.6 Å². The van der Waals surface area contributed by atoms with E-state index in [-0.39, 0.29) is 11.4 Å². The van der Waals surface area contributed by atoms with Gasteiger partial charge in [0.2, 0.25) is 0 Å². The number of para-hydroxylation sites is 1. The Bertz CT molecular complexity index is 1020. The van der Waals surface area contributed by atoms with Gasteiger partial charge in [-0.2, -0.15) is 0 Å². The standard InChI is InChI=1S/C20H19ClFN3O2/c21-14-4-5-17(15(22)10-14)25-8-6-13(7-9-25)12-27-18-3-1-2-16-20(18)24-19(26)11-23-16/h1-5,10-11,13H,6-9,12H2,(H,24,26). The molecule has 2 aromatic carbocycles. The molecule has 0 aliphatic carbocycles. The van der Waals surface area contributed by atoms with Gasteiger partial charge in [0.15, 0.2) is 0 Å². The van der Waals surface area contributed by atoms with Gasteiger partial charge in [-0.05, 0) is 49.1 Å². The number of aromatic amines is 1. The van der Waals surface area contributed by atoms with Gasteiger partial charge in [0.25, 0.3) is 5.56 Å². The minimum absolute atomic E-state index is 0.253. The van der Waals surface area contributed by atoms with Gasteiger partial charge >= 0.3 is 0 Å². The predicted octanol–water partition coefficient (Wildman–Crippen LogP) is 4.01. The summed E-state index contributed by atoms with van der Waals surface area (Å²) in [6.45, 7) is 2.08. The maximum atomic E-state index is 14.1. The number of H-pyrrole nitrogens is 1. The van der Waals surface area contributed by atoms with Crippen LogP contribution in [0, 0.1) is 11.7 Å². The molecule has 1 aliphatic rings. The number of benzene rings is 2. The zero-order valence-electron chi connectivity index (χ0n) is 14.6. The zero-order chi connectivity index (χ0) is 18.8. The molecular formula is C20H19ClFN3O2. The number of piperidine rings is 1. The third kappa shape index (κ3) is 3.90. The molecule has 0 amide bonds. The quantitative estimate of drug-likeness (QED) is 0.734. The highest BCUT2D eigenvalue weighted by Gasteiger charge is 2.22. The first-order valence-corrected chi connectivity index (χ1v) is 9.29. The number of ether oxygens (including phenoxy) is 1. The first-order chi connectivity index (χ1) is 13.1. The lowest BCUT2D eigenvalue weighted by atomic mass is 9.97. The van der Waals surface area contributed by atoms with Crippen molar-refractivity contribution in [2.45, 2.75) is 12.8 Å². The largest absolute Gasteiger partial charge is 0.491 e. The molecule has 1 saturated heterocycles. The summed E-state index contributed by atoms with van der Waals surface area (Å²) >= 11 is 5.83. The number of hydrogen-bond donors (Lipinski definition) is 1. The molecule has 0 saturated carbocycles. The molecule has 2 heterocycles. The third-order valence-electron chi connectivity index (χ3n) is 4.91. The summed E-state index contributed by atoms with van der Waals surface area (Å²) in [4.78, 5) is 20.5. The average molecular weight is 388 g/mol. The molecule has 7 heteroatoms. The first kappa shape index (κ1) is 17.8. The van der Waals surface area contributed by atoms with Crippen LogP contribution in [0.25, 0.3) is 11.0 Å². The average Bonchev–Trinajstić information content (AvgIpc) is 2.67. The summed E-state index contributed by atoms with van der Waals surface area (Å²) in [6, 6.07) is 10.3. The number of fused-ring (bicyclic) bond motifs is 1. The van der Waals surface area contributed by atoms with Crippen molar-refractivity contribution in [2.75, 3.05) is 24.6 Å². The summed E-state index contributed by atoms with van der Waals surface area (Å²) in [7, 11) is 0. The zero-order valence-corrected chi connectivity index (χ0v) is 15.4. The minimum Gasteiger partial charge on any atom is -0.491 e. The smallest absolute Gasteiger partial charge is 0.266 e. The van der Waals surface area contributed by atoms with Crippen LogP contribution in [0.5, 0.6) is 5.75 Å². The van der Waals surface area contributed by atoms with E-state index in [4.69, 9.17) is 16.3 Å². The van der Waals surface area contributed by atoms with Crippen LogP contribution in [-0.4, -0.2) is 29.7 Å². The molecule has 1 N–H and O–H groups in total. The second kappa shape index (κ2) is 7.56. The highest BCUT2D eigenvalue weighted by Crippen LogP contribution is 2.28. The number of aromatic nitrogens is 2. The fourth-order valence-electron chi connectivity index (χ4n) is 3.44. The fourth-order valence-corrected chi connectivity index (χ4v) is 3.60. The van der Waals surface area contributed by atoms with Crippen LogP contribution in [-0.2, 0) is 0 Å². The van der Waals surface area contributed by atoms with Gasteiger partial charge in [0.05, 0.1) is 24.0 Å². The molecule has 0 spiro atoms. The van der Waals surface area contributed by atoms with Crippen molar-refractivity contribution in [1.29, 1.82) is 0 Å². The van der Waals surface area contributed by atoms with Gasteiger partial charge in [-0.25, -0.2) is 9.37 Å². The van der Waals surface area contributed by atoms with Crippen molar-refractivity contribution in [3.8, 4) is 5.75 Å². The highest BCUT2D eigenvalue weighted by molar-refractivity contribution is 6.30. The Balaban J connectivity index is 1.39. The maximum Gasteiger partial charge on any atom is 0.266 e. The molecule has 5 nitrogen and oxygen atoms in total. The normalized spacial score (nSPS) is 15.3. The second-order valence-electron chi connectivity index (χ2n) is 6.73. The van der Waals surface area contributed by atoms with Crippen LogP contribution in [0.4, 0.5) is 10.1 Å². The third-order valence-corrected chi connectivity index (χ3v) is 5.15. The van der Waals surface area contributed by atoms with E-state index in [1.165, 1.54) is 12.3 Å². The molecule has 0 unspecified atom stereocenters. The summed E-state index contributed by atoms with van der Waals surface area (Å²) in [5, 5.41) is 0.405. The Kier molecular flexibility index (Phi) is 4.99. The first-order valence-electron chi connectivity index (χ1n) is 8.91. The van der Waals surface area contributed by atoms with Gasteiger partial charge in [-0.15, -0.1) is 0 Å². The summed E-state index contributed by atoms with van der Waals surface area (Å²) in [5.74, 6) is 0.712. The van der Waals surface area contributed by atoms with E-state index >= 15 is 0 Å². The van der Waals surface area contributed by atoms with Crippen molar-refractivity contribution >= 4 is 28.3 Å². The lowest BCUT2D eigenvalue weighted by molar-refractivity contribution is 0.224. The molecule has 1 fully saturated rings. The number of hydrogen-bond acceptors (Lipinski definition) is 4. The molecule has 1 aliphatic heterocycles. The van der Waals surface area contributed by atoms with E-state index in [0.717, 1.165) is 25.9 Å². The molecule has 0 bridgehead atoms. The van der Waals surface area contributed by atoms with Crippen LogP contribution >= 0.6 is 11.6 Å². The maximum absolute atomic E-state index is 14.1. The predicted molar refractivity (Wildman–Crippen MR) is 104 cm³/mol. The summed E-state index contributed by atoms with van der Waals surface area (Å²) < 4.78 is 20.1. The molecule has 1 aromatic heterocycles. The van der Waals surface area contributed by atoms with E-state index in [0.29, 0.717) is 40.0 Å². The van der Waals surface area contributed by atoms with E-state index in [1.54, 1.807) is 12.1 Å². The molecule has 3 aromatic rings. The van der Waals surface area contributed by atoms with Crippen molar-refractivity contribution in [3.63, 3.8) is 0 Å². The lowest BCUT2D eigenvalue weighted by Gasteiger charge is -2.33. The molecule has 0 radical (unpaired) electrons. The monoisotopic (exact) mass is 387 g/mol. The molecule has 140 valence electrons. The van der Waals surface area contributed by atoms with Gasteiger partial charge in [-0.3, -0.25) is 4.79 Å². The molecule has 4 rings (SSSR count). The Hall–Kier alpha value is -2.60. The van der Waals surface area contributed by atoms with Gasteiger partial charge in [0, 0.05) is 18.1 Å². The van der Waals surface area contributed by atoms with Crippen molar-refractivity contribution in [2.24, 2.45) is 5.92 Å². The molecule has 0 atom stereocenters. The minimum atomic E-state index is -0.288. The summed E-state index contributed by atoms with van der Waals surface area (Å²) in [6.07, 6.45) is 3.07. The number of nitrogens with zero attached hydrogens (tertiary/aromatic N) is 2. The molecule has 27 heavy (non-hydrogen) atoms. The number of nitrogens with one attached hydrogen (secondary N) is 1. The lowest BCUT2D eigenvalue weighted by Crippen LogP contribution is -2.36. The van der Waals surface area contributed by atoms with Crippen molar-refractivity contribution in [1.82, 2.24) is 9.97 Å². The Labute approximate surface area is 160 Å². The van der Waals surface area contributed by atoms with Crippen LogP contribution < -0.4 is 15.2 Å². The molecular weight excluding hydrogens is 369 g/mol. The van der Waals surface area contributed by atoms with E-state index in [9.17, 15) is 9.18 Å². The van der Waals surface area contributed by atoms with Crippen LogP contribution in [0.3, 0.4) is 0 Å². The van der Waals surface area contributed by atoms with Crippen LogP contribution in [0.2, 0.25) is 5.02 Å². The van der Waals surface area contributed by atoms with Gasteiger partial charge in [0.1, 0.15) is 17.1 Å². The van der Waals surface area contributed by atoms with E-state index in [2.05, 4.69) is 9.97 Å². The second-order valence-corrected chi connectivity index (χ2v) is 7.17. The summed E-state index contributed by atoms with van der Waals surface area (Å²) in [5.41, 5.74) is 1.65. The highest BCUT2D eigenvalue weighted by atomic mass is 35.5. The Morgan fingerprint density at radius 1 is 1.26 bits per heavy atom. The SMILES string of the molecule is O=c1cnc2cccc(OCC3CCN(c4ccc(Cl)cc4F)CC3)c2[nH]1. The number of halogens is 2. The van der Waals surface area contributed by atoms with Gasteiger partial charge in [-0.1, -0.05) is 17.7 Å². The Morgan fingerprint density at radius 2 is 2.07 bits per heavy atom. The Morgan fingerprint density at radius 3 is 2.85 bits per heavy atom. The van der Waals surface area contributed by atoms with Crippen molar-refractivity contribution < 1.29 is 9.13 Å². The fraction of sp³-hybridized carbons (Fsp3) is 0.300. The number of rotatable bonds is 4. The van der Waals surface area contributed by atoms with E-state index < -0.39 is 0 Å². The topological polar surface area (TPSA) is 58.2 Å². The number of anilines is 1. The van der Waals surface area contributed by atoms with E-state index in [1.807, 2.05) is 23.1 Å². The van der Waals surface area contributed by atoms with Crippen LogP contribution in [0.1, 0.15) is 12.8 Å².